The first-order chi connectivity index (χ1) is 6.83. The van der Waals surface area contributed by atoms with Gasteiger partial charge in [-0.25, -0.2) is 0 Å². The predicted molar refractivity (Wildman–Crippen MR) is 55.0 cm³/mol. The summed E-state index contributed by atoms with van der Waals surface area (Å²) >= 11 is 3.14. The Labute approximate surface area is 98.7 Å². The van der Waals surface area contributed by atoms with Crippen molar-refractivity contribution in [1.29, 1.82) is 0 Å². The van der Waals surface area contributed by atoms with Crippen molar-refractivity contribution in [3.63, 3.8) is 0 Å². The molecule has 0 fully saturated rings. The van der Waals surface area contributed by atoms with Gasteiger partial charge in [0.25, 0.3) is 0 Å². The van der Waals surface area contributed by atoms with E-state index >= 15 is 0 Å². The fourth-order valence-electron chi connectivity index (χ4n) is 0.926. The summed E-state index contributed by atoms with van der Waals surface area (Å²) in [5, 5.41) is 4.45. The van der Waals surface area contributed by atoms with Gasteiger partial charge >= 0.3 is 98.9 Å². The number of amides is 1. The molecule has 1 N–H and O–H groups in total. The van der Waals surface area contributed by atoms with Crippen LogP contribution in [0.25, 0.3) is 0 Å². The van der Waals surface area contributed by atoms with Gasteiger partial charge in [-0.1, -0.05) is 0 Å². The topological polar surface area (TPSA) is 29.1 Å². The zero-order chi connectivity index (χ0) is 10.2. The standard InChI is InChI=1S/C10H11NOS.Ag/c12-10(6-7-13)11-8-9-4-2-1-3-5-9;/h1-7,13H,8H2,(H,11,12);/q;+1/p-1. The Balaban J connectivity index is 2.34. The molecule has 0 heterocycles. The SMILES string of the molecule is O=C(C=C[S][Ag])NCc1ccccc1. The van der Waals surface area contributed by atoms with Crippen LogP contribution in [0.15, 0.2) is 41.8 Å². The summed E-state index contributed by atoms with van der Waals surface area (Å²) in [5.41, 5.74) is 1.10. The summed E-state index contributed by atoms with van der Waals surface area (Å²) in [7, 11) is 1.32. The van der Waals surface area contributed by atoms with Crippen LogP contribution >= 0.6 is 9.23 Å². The van der Waals surface area contributed by atoms with Crippen LogP contribution in [-0.2, 0) is 31.1 Å². The van der Waals surface area contributed by atoms with Gasteiger partial charge in [-0.05, 0) is 0 Å². The third kappa shape index (κ3) is 4.67. The Morgan fingerprint density at radius 2 is 2.14 bits per heavy atom. The molecule has 0 aliphatic rings. The molecule has 0 aromatic heterocycles. The molecule has 1 aromatic carbocycles. The van der Waals surface area contributed by atoms with Gasteiger partial charge in [0.15, 0.2) is 0 Å². The maximum atomic E-state index is 11.1. The van der Waals surface area contributed by atoms with Crippen molar-refractivity contribution in [2.24, 2.45) is 0 Å². The van der Waals surface area contributed by atoms with Crippen molar-refractivity contribution in [2.45, 2.75) is 6.54 Å². The van der Waals surface area contributed by atoms with Gasteiger partial charge in [0, 0.05) is 0 Å². The van der Waals surface area contributed by atoms with E-state index < -0.39 is 0 Å². The Morgan fingerprint density at radius 3 is 2.79 bits per heavy atom. The minimum absolute atomic E-state index is 0.0830. The number of hydrogen-bond donors (Lipinski definition) is 1. The van der Waals surface area contributed by atoms with Crippen LogP contribution in [0.5, 0.6) is 0 Å². The number of hydrogen-bond acceptors (Lipinski definition) is 2. The molecule has 78 valence electrons. The average Bonchev–Trinajstić information content (AvgIpc) is 2.25. The number of rotatable bonds is 4. The monoisotopic (exact) mass is 299 g/mol. The zero-order valence-electron chi connectivity index (χ0n) is 7.37. The van der Waals surface area contributed by atoms with Crippen LogP contribution in [0.3, 0.4) is 0 Å². The van der Waals surface area contributed by atoms with Gasteiger partial charge in [0.2, 0.25) is 0 Å². The molecule has 1 aromatic rings. The van der Waals surface area contributed by atoms with E-state index in [1.54, 1.807) is 5.41 Å². The molecule has 0 saturated carbocycles. The van der Waals surface area contributed by atoms with Crippen molar-refractivity contribution in [2.75, 3.05) is 0 Å². The molecular weight excluding hydrogens is 290 g/mol. The van der Waals surface area contributed by atoms with E-state index in [9.17, 15) is 4.79 Å². The van der Waals surface area contributed by atoms with Crippen molar-refractivity contribution < 1.29 is 24.5 Å². The van der Waals surface area contributed by atoms with E-state index in [4.69, 9.17) is 0 Å². The quantitative estimate of drug-likeness (QED) is 0.681. The number of benzene rings is 1. The second-order valence-corrected chi connectivity index (χ2v) is 4.04. The predicted octanol–water partition coefficient (Wildman–Crippen LogP) is 2.01. The summed E-state index contributed by atoms with van der Waals surface area (Å²) in [4.78, 5) is 11.1. The van der Waals surface area contributed by atoms with Gasteiger partial charge < -0.3 is 0 Å². The molecule has 4 heteroatoms. The van der Waals surface area contributed by atoms with Crippen LogP contribution in [0.1, 0.15) is 5.56 Å². The van der Waals surface area contributed by atoms with Crippen LogP contribution in [0, 0.1) is 0 Å². The van der Waals surface area contributed by atoms with E-state index in [1.165, 1.54) is 15.3 Å². The third-order valence-electron chi connectivity index (χ3n) is 1.57. The molecule has 0 unspecified atom stereocenters. The Kier molecular flexibility index (Phi) is 5.71. The third-order valence-corrected chi connectivity index (χ3v) is 2.39. The van der Waals surface area contributed by atoms with Crippen LogP contribution in [0.2, 0.25) is 0 Å². The van der Waals surface area contributed by atoms with Crippen LogP contribution in [0.4, 0.5) is 0 Å². The van der Waals surface area contributed by atoms with Crippen molar-refractivity contribution in [3.05, 3.63) is 47.4 Å². The normalized spacial score (nSPS) is 10.4. The summed E-state index contributed by atoms with van der Waals surface area (Å²) in [6, 6.07) is 9.80. The fraction of sp³-hybridized carbons (Fsp3) is 0.100. The molecule has 0 saturated heterocycles. The minimum atomic E-state index is -0.0830. The molecule has 0 spiro atoms. The van der Waals surface area contributed by atoms with Crippen LogP contribution < -0.4 is 5.32 Å². The Morgan fingerprint density at radius 1 is 1.43 bits per heavy atom. The fourth-order valence-corrected chi connectivity index (χ4v) is 1.39. The van der Waals surface area contributed by atoms with E-state index in [-0.39, 0.29) is 5.91 Å². The molecular formula is C10H10AgNOS. The van der Waals surface area contributed by atoms with E-state index in [0.29, 0.717) is 6.54 Å². The summed E-state index contributed by atoms with van der Waals surface area (Å²) in [6.45, 7) is 0.566. The van der Waals surface area contributed by atoms with Gasteiger partial charge in [-0.3, -0.25) is 0 Å². The van der Waals surface area contributed by atoms with Crippen molar-refractivity contribution in [3.8, 4) is 0 Å². The molecule has 1 amide bonds. The number of carbonyl (C=O) groups is 1. The molecule has 0 radical (unpaired) electrons. The second-order valence-electron chi connectivity index (χ2n) is 2.58. The first-order valence-electron chi connectivity index (χ1n) is 4.05. The Bertz CT molecular complexity index is 313. The van der Waals surface area contributed by atoms with Gasteiger partial charge in [0.05, 0.1) is 0 Å². The molecule has 0 aliphatic heterocycles. The second kappa shape index (κ2) is 6.90. The van der Waals surface area contributed by atoms with Gasteiger partial charge in [-0.15, -0.1) is 0 Å². The van der Waals surface area contributed by atoms with Crippen LogP contribution in [-0.4, -0.2) is 5.91 Å². The van der Waals surface area contributed by atoms with E-state index in [1.807, 2.05) is 30.3 Å². The summed E-state index contributed by atoms with van der Waals surface area (Å²) in [5.74, 6) is -0.0830. The van der Waals surface area contributed by atoms with Crippen molar-refractivity contribution >= 4 is 15.1 Å². The molecule has 0 atom stereocenters. The molecule has 0 bridgehead atoms. The zero-order valence-corrected chi connectivity index (χ0v) is 9.67. The molecule has 0 aliphatic carbocycles. The maximum absolute atomic E-state index is 11.1. The van der Waals surface area contributed by atoms with Gasteiger partial charge in [-0.2, -0.15) is 0 Å². The molecule has 1 rings (SSSR count). The van der Waals surface area contributed by atoms with E-state index in [2.05, 4.69) is 25.1 Å². The number of nitrogens with one attached hydrogen (secondary N) is 1. The summed E-state index contributed by atoms with van der Waals surface area (Å²) < 4.78 is 0. The number of carbonyl (C=O) groups excluding carboxylic acids is 1. The molecule has 2 nitrogen and oxygen atoms in total. The average molecular weight is 300 g/mol. The van der Waals surface area contributed by atoms with Gasteiger partial charge in [0.1, 0.15) is 0 Å². The summed E-state index contributed by atoms with van der Waals surface area (Å²) in [6.07, 6.45) is 1.49. The molecule has 14 heavy (non-hydrogen) atoms. The Hall–Kier alpha value is -0.480. The first-order valence-corrected chi connectivity index (χ1v) is 6.59. The van der Waals surface area contributed by atoms with Crippen molar-refractivity contribution in [1.82, 2.24) is 5.32 Å². The van der Waals surface area contributed by atoms with E-state index in [0.717, 1.165) is 5.56 Å². The first kappa shape index (κ1) is 11.6.